The molecule has 19 heavy (non-hydrogen) atoms. The summed E-state index contributed by atoms with van der Waals surface area (Å²) in [6.07, 6.45) is 1.81. The number of pyridine rings is 1. The summed E-state index contributed by atoms with van der Waals surface area (Å²) in [4.78, 5) is 16.6. The average Bonchev–Trinajstić information content (AvgIpc) is 2.77. The van der Waals surface area contributed by atoms with Gasteiger partial charge in [0.05, 0.1) is 16.8 Å². The normalized spacial score (nSPS) is 11.1. The van der Waals surface area contributed by atoms with E-state index >= 15 is 0 Å². The maximum absolute atomic E-state index is 12.1. The fourth-order valence-electron chi connectivity index (χ4n) is 1.99. The Kier molecular flexibility index (Phi) is 3.24. The summed E-state index contributed by atoms with van der Waals surface area (Å²) in [7, 11) is 0. The Hall–Kier alpha value is -1.46. The Morgan fingerprint density at radius 1 is 1.37 bits per heavy atom. The molecule has 0 atom stereocenters. The first-order chi connectivity index (χ1) is 9.13. The molecule has 0 saturated carbocycles. The van der Waals surface area contributed by atoms with Crippen molar-refractivity contribution < 1.29 is 0 Å². The van der Waals surface area contributed by atoms with Crippen molar-refractivity contribution in [1.82, 2.24) is 9.55 Å². The first-order valence-corrected chi connectivity index (χ1v) is 7.45. The highest BCUT2D eigenvalue weighted by Gasteiger charge is 2.07. The van der Waals surface area contributed by atoms with Crippen LogP contribution in [0.4, 0.5) is 0 Å². The largest absolute Gasteiger partial charge is 0.307 e. The van der Waals surface area contributed by atoms with Gasteiger partial charge in [0.1, 0.15) is 5.01 Å². The Morgan fingerprint density at radius 3 is 2.95 bits per heavy atom. The number of thiazole rings is 1. The van der Waals surface area contributed by atoms with Crippen LogP contribution in [0.1, 0.15) is 10.6 Å². The topological polar surface area (TPSA) is 34.9 Å². The number of hydrogen-bond acceptors (Lipinski definition) is 3. The van der Waals surface area contributed by atoms with E-state index in [0.717, 1.165) is 25.3 Å². The maximum atomic E-state index is 12.1. The van der Waals surface area contributed by atoms with Gasteiger partial charge in [0.25, 0.3) is 5.56 Å². The Labute approximate surface area is 122 Å². The number of hydrogen-bond donors (Lipinski definition) is 0. The molecule has 3 aromatic rings. The monoisotopic (exact) mass is 334 g/mol. The van der Waals surface area contributed by atoms with Crippen LogP contribution in [-0.2, 0) is 6.54 Å². The van der Waals surface area contributed by atoms with E-state index in [9.17, 15) is 4.79 Å². The summed E-state index contributed by atoms with van der Waals surface area (Å²) >= 11 is 5.04. The zero-order chi connectivity index (χ0) is 13.4. The highest BCUT2D eigenvalue weighted by atomic mass is 79.9. The number of rotatable bonds is 2. The van der Waals surface area contributed by atoms with Crippen LogP contribution in [0.25, 0.3) is 10.2 Å². The Bertz CT molecular complexity index is 774. The van der Waals surface area contributed by atoms with Crippen LogP contribution in [0.2, 0.25) is 0 Å². The lowest BCUT2D eigenvalue weighted by atomic mass is 10.3. The molecule has 0 N–H and O–H groups in total. The summed E-state index contributed by atoms with van der Waals surface area (Å²) in [6.45, 7) is 2.33. The predicted octanol–water partition coefficient (Wildman–Crippen LogP) is 3.58. The molecule has 0 bridgehead atoms. The van der Waals surface area contributed by atoms with Gasteiger partial charge in [-0.3, -0.25) is 4.79 Å². The zero-order valence-corrected chi connectivity index (χ0v) is 12.7. The maximum Gasteiger partial charge on any atom is 0.253 e. The molecule has 1 aromatic carbocycles. The van der Waals surface area contributed by atoms with E-state index in [1.54, 1.807) is 22.1 Å². The van der Waals surface area contributed by atoms with Crippen LogP contribution in [-0.4, -0.2) is 9.55 Å². The molecule has 0 radical (unpaired) electrons. The van der Waals surface area contributed by atoms with Crippen molar-refractivity contribution in [3.05, 3.63) is 61.9 Å². The molecular formula is C14H11BrN2OS. The lowest BCUT2D eigenvalue weighted by Crippen LogP contribution is -2.22. The number of halogens is 1. The molecule has 0 aliphatic heterocycles. The van der Waals surface area contributed by atoms with Gasteiger partial charge in [-0.1, -0.05) is 12.1 Å². The second-order valence-corrected chi connectivity index (χ2v) is 6.38. The van der Waals surface area contributed by atoms with E-state index in [-0.39, 0.29) is 5.56 Å². The summed E-state index contributed by atoms with van der Waals surface area (Å²) < 4.78 is 3.75. The summed E-state index contributed by atoms with van der Waals surface area (Å²) in [6, 6.07) is 9.84. The minimum atomic E-state index is 0.0301. The molecule has 3 rings (SSSR count). The van der Waals surface area contributed by atoms with Gasteiger partial charge in [0.15, 0.2) is 0 Å². The molecule has 0 fully saturated rings. The van der Waals surface area contributed by atoms with Crippen LogP contribution < -0.4 is 5.56 Å². The fraction of sp³-hybridized carbons (Fsp3) is 0.143. The first-order valence-electron chi connectivity index (χ1n) is 5.84. The van der Waals surface area contributed by atoms with Gasteiger partial charge in [-0.15, -0.1) is 11.3 Å². The quantitative estimate of drug-likeness (QED) is 0.718. The number of benzene rings is 1. The molecule has 96 valence electrons. The SMILES string of the molecule is Cc1cc(Br)cn(Cc2nc3ccccc3s2)c1=O. The molecule has 0 unspecified atom stereocenters. The van der Waals surface area contributed by atoms with E-state index in [4.69, 9.17) is 0 Å². The van der Waals surface area contributed by atoms with Crippen LogP contribution in [0.3, 0.4) is 0 Å². The van der Waals surface area contributed by atoms with E-state index in [1.165, 1.54) is 0 Å². The standard InChI is InChI=1S/C14H11BrN2OS/c1-9-6-10(15)7-17(14(9)18)8-13-16-11-4-2-3-5-12(11)19-13/h2-7H,8H2,1H3. The summed E-state index contributed by atoms with van der Waals surface area (Å²) in [5, 5.41) is 0.945. The second kappa shape index (κ2) is 4.90. The average molecular weight is 335 g/mol. The first kappa shape index (κ1) is 12.6. The van der Waals surface area contributed by atoms with E-state index in [2.05, 4.69) is 20.9 Å². The molecule has 3 nitrogen and oxygen atoms in total. The van der Waals surface area contributed by atoms with Crippen LogP contribution in [0, 0.1) is 6.92 Å². The molecular weight excluding hydrogens is 324 g/mol. The molecule has 2 heterocycles. The van der Waals surface area contributed by atoms with Crippen molar-refractivity contribution in [3.8, 4) is 0 Å². The van der Waals surface area contributed by atoms with Crippen molar-refractivity contribution in [2.75, 3.05) is 0 Å². The third-order valence-electron chi connectivity index (χ3n) is 2.88. The van der Waals surface area contributed by atoms with E-state index in [0.29, 0.717) is 6.54 Å². The van der Waals surface area contributed by atoms with E-state index in [1.807, 2.05) is 37.3 Å². The minimum Gasteiger partial charge on any atom is -0.307 e. The van der Waals surface area contributed by atoms with Crippen LogP contribution in [0.15, 0.2) is 45.8 Å². The second-order valence-electron chi connectivity index (χ2n) is 4.35. The Morgan fingerprint density at radius 2 is 2.16 bits per heavy atom. The third-order valence-corrected chi connectivity index (χ3v) is 4.33. The number of nitrogens with zero attached hydrogens (tertiary/aromatic N) is 2. The molecule has 0 saturated heterocycles. The van der Waals surface area contributed by atoms with Crippen LogP contribution in [0.5, 0.6) is 0 Å². The minimum absolute atomic E-state index is 0.0301. The smallest absolute Gasteiger partial charge is 0.253 e. The highest BCUT2D eigenvalue weighted by Crippen LogP contribution is 2.22. The molecule has 2 aromatic heterocycles. The highest BCUT2D eigenvalue weighted by molar-refractivity contribution is 9.10. The van der Waals surface area contributed by atoms with Crippen molar-refractivity contribution in [2.24, 2.45) is 0 Å². The van der Waals surface area contributed by atoms with Crippen molar-refractivity contribution in [2.45, 2.75) is 13.5 Å². The lowest BCUT2D eigenvalue weighted by molar-refractivity contribution is 0.745. The number of para-hydroxylation sites is 1. The number of fused-ring (bicyclic) bond motifs is 1. The van der Waals surface area contributed by atoms with Crippen molar-refractivity contribution >= 4 is 37.5 Å². The van der Waals surface area contributed by atoms with E-state index < -0.39 is 0 Å². The van der Waals surface area contributed by atoms with Gasteiger partial charge in [-0.2, -0.15) is 0 Å². The van der Waals surface area contributed by atoms with Gasteiger partial charge >= 0.3 is 0 Å². The fourth-order valence-corrected chi connectivity index (χ4v) is 3.55. The van der Waals surface area contributed by atoms with Gasteiger partial charge in [-0.05, 0) is 41.1 Å². The molecule has 5 heteroatoms. The Balaban J connectivity index is 2.03. The summed E-state index contributed by atoms with van der Waals surface area (Å²) in [5.74, 6) is 0. The molecule has 0 amide bonds. The number of aryl methyl sites for hydroxylation is 1. The third kappa shape index (κ3) is 2.48. The molecule has 0 aliphatic rings. The van der Waals surface area contributed by atoms with Gasteiger partial charge in [0, 0.05) is 16.2 Å². The van der Waals surface area contributed by atoms with Gasteiger partial charge < -0.3 is 4.57 Å². The van der Waals surface area contributed by atoms with Gasteiger partial charge in [-0.25, -0.2) is 4.98 Å². The molecule has 0 aliphatic carbocycles. The van der Waals surface area contributed by atoms with Gasteiger partial charge in [0.2, 0.25) is 0 Å². The lowest BCUT2D eigenvalue weighted by Gasteiger charge is -2.05. The number of aromatic nitrogens is 2. The van der Waals surface area contributed by atoms with Crippen molar-refractivity contribution in [1.29, 1.82) is 0 Å². The molecule has 0 spiro atoms. The summed E-state index contributed by atoms with van der Waals surface area (Å²) in [5.41, 5.74) is 1.75. The van der Waals surface area contributed by atoms with Crippen molar-refractivity contribution in [3.63, 3.8) is 0 Å². The predicted molar refractivity (Wildman–Crippen MR) is 81.9 cm³/mol. The van der Waals surface area contributed by atoms with Crippen LogP contribution >= 0.6 is 27.3 Å². The zero-order valence-electron chi connectivity index (χ0n) is 10.3.